The second-order valence-electron chi connectivity index (χ2n) is 18.1. The van der Waals surface area contributed by atoms with E-state index in [0.29, 0.717) is 121 Å². The average Bonchev–Trinajstić information content (AvgIpc) is 0.840. The van der Waals surface area contributed by atoms with E-state index in [9.17, 15) is 32.7 Å². The smallest absolute Gasteiger partial charge is 0.309 e. The summed E-state index contributed by atoms with van der Waals surface area (Å²) in [6, 6.07) is 22.9. The number of hydrogen-bond acceptors (Lipinski definition) is 23. The summed E-state index contributed by atoms with van der Waals surface area (Å²) in [4.78, 5) is 58.5. The third-order valence-corrected chi connectivity index (χ3v) is 12.6. The summed E-state index contributed by atoms with van der Waals surface area (Å²) in [5.74, 6) is 11.6. The van der Waals surface area contributed by atoms with Crippen molar-refractivity contribution in [2.45, 2.75) is 33.1 Å². The number of carbonyl (C=O) groups is 3. The molecular weight excluding hydrogens is 1270 g/mol. The predicted octanol–water partition coefficient (Wildman–Crippen LogP) is 10.5. The number of terminal acetylenes is 3. The van der Waals surface area contributed by atoms with Crippen molar-refractivity contribution in [1.82, 2.24) is 29.9 Å². The number of aromatic nitrogens is 6. The van der Waals surface area contributed by atoms with Gasteiger partial charge in [0.15, 0.2) is 40.3 Å². The fourth-order valence-corrected chi connectivity index (χ4v) is 8.22. The molecule has 0 saturated heterocycles. The van der Waals surface area contributed by atoms with Gasteiger partial charge in [0.2, 0.25) is 0 Å². The van der Waals surface area contributed by atoms with Gasteiger partial charge in [-0.3, -0.25) is 14.4 Å². The third kappa shape index (κ3) is 20.5. The summed E-state index contributed by atoms with van der Waals surface area (Å²) in [5.41, 5.74) is 3.94. The standard InChI is InChI=1S/C22H20FN3O4.C21H18FN3O4.C17H12FN3O2.C5H9BrO2.H3NO/c1-4-14-10-15(6-7-17(14)23)26-22-16-11-20(30-9-8-21(27)29-5-2)19(28-3)12-18(16)24-13-25-22;1-3-13-8-14(4-5-17(13)22)25-21-16-9-20(29-7-6-15(27)11-26)19(28-2)10-18(16)23-12-24-21;1-3-10-6-11(4-5-13(10)18)21-17-12-7-15(22)16(23-2)8-14(12)19-9-20-17;1-2-8-5(7)3-4-6;1-2/h1,6-7,10-13H,5,8-9H2,2-3H3,(H,24,25,26);1,4-5,8-10,12,26H,6-7,11H2,2H3,(H,23,24,25);1,4-9,22H,2H3,(H,19,20,21);2-4H2,1H3;2H,1H2. The summed E-state index contributed by atoms with van der Waals surface area (Å²) in [5, 5.41) is 37.1. The molecule has 0 aliphatic carbocycles. The van der Waals surface area contributed by atoms with E-state index in [0.717, 1.165) is 0 Å². The molecule has 0 spiro atoms. The number of halogens is 4. The molecule has 8 N–H and O–H groups in total. The lowest BCUT2D eigenvalue weighted by atomic mass is 10.1. The Balaban J connectivity index is 0.000000234. The number of anilines is 6. The zero-order valence-corrected chi connectivity index (χ0v) is 51.8. The van der Waals surface area contributed by atoms with Gasteiger partial charge in [-0.05, 0) is 86.6 Å². The van der Waals surface area contributed by atoms with Crippen LogP contribution in [0.4, 0.5) is 47.7 Å². The number of nitrogens with zero attached hydrogens (tertiary/aromatic N) is 6. The number of phenolic OH excluding ortho intramolecular Hbond substituents is 1. The Bertz CT molecular complexity index is 4140. The van der Waals surface area contributed by atoms with Crippen LogP contribution >= 0.6 is 15.9 Å². The molecule has 0 unspecified atom stereocenters. The monoisotopic (exact) mass is 1330 g/mol. The highest BCUT2D eigenvalue weighted by molar-refractivity contribution is 9.09. The molecule has 0 bridgehead atoms. The van der Waals surface area contributed by atoms with Gasteiger partial charge in [0.05, 0.1) is 93.8 Å². The second kappa shape index (κ2) is 37.1. The van der Waals surface area contributed by atoms with Crippen LogP contribution in [0.15, 0.2) is 110 Å². The first-order valence-electron chi connectivity index (χ1n) is 27.3. The number of nitrogens with two attached hydrogens (primary N) is 1. The number of ether oxygens (including phenoxy) is 7. The first-order valence-corrected chi connectivity index (χ1v) is 28.4. The lowest BCUT2D eigenvalue weighted by molar-refractivity contribution is -0.144. The van der Waals surface area contributed by atoms with Crippen LogP contribution in [0.5, 0.6) is 34.5 Å². The van der Waals surface area contributed by atoms with E-state index in [1.54, 1.807) is 62.4 Å². The van der Waals surface area contributed by atoms with Crippen LogP contribution < -0.4 is 45.5 Å². The summed E-state index contributed by atoms with van der Waals surface area (Å²) >= 11 is 3.12. The van der Waals surface area contributed by atoms with Crippen LogP contribution in [-0.2, 0) is 23.9 Å². The van der Waals surface area contributed by atoms with Gasteiger partial charge in [-0.25, -0.2) is 49.0 Å². The van der Waals surface area contributed by atoms with E-state index < -0.39 is 24.1 Å². The molecule has 0 amide bonds. The molecule has 0 saturated carbocycles. The fourth-order valence-electron chi connectivity index (χ4n) is 7.90. The Kier molecular flexibility index (Phi) is 28.9. The molecule has 9 aromatic rings. The van der Waals surface area contributed by atoms with Crippen LogP contribution in [0.25, 0.3) is 32.7 Å². The summed E-state index contributed by atoms with van der Waals surface area (Å²) < 4.78 is 77.4. The van der Waals surface area contributed by atoms with E-state index in [2.05, 4.69) is 90.2 Å². The maximum atomic E-state index is 13.7. The minimum Gasteiger partial charge on any atom is -0.504 e. The Hall–Kier alpha value is -11.0. The highest BCUT2D eigenvalue weighted by Gasteiger charge is 2.17. The number of phenols is 1. The van der Waals surface area contributed by atoms with E-state index >= 15 is 0 Å². The predicted molar refractivity (Wildman–Crippen MR) is 343 cm³/mol. The largest absolute Gasteiger partial charge is 0.504 e. The van der Waals surface area contributed by atoms with Crippen molar-refractivity contribution < 1.29 is 76.1 Å². The number of carbonyl (C=O) groups excluding carboxylic acids is 3. The zero-order chi connectivity index (χ0) is 67.1. The number of fused-ring (bicyclic) bond motifs is 3. The van der Waals surface area contributed by atoms with Crippen molar-refractivity contribution in [3.63, 3.8) is 0 Å². The van der Waals surface area contributed by atoms with Crippen LogP contribution in [0, 0.1) is 54.5 Å². The molecule has 0 fully saturated rings. The number of esters is 2. The minimum atomic E-state index is -0.530. The van der Waals surface area contributed by atoms with Crippen LogP contribution in [0.2, 0.25) is 0 Å². The van der Waals surface area contributed by atoms with Crippen LogP contribution in [-0.4, -0.2) is 123 Å². The summed E-state index contributed by atoms with van der Waals surface area (Å²) in [6.45, 7) is 4.01. The highest BCUT2D eigenvalue weighted by atomic mass is 79.9. The maximum Gasteiger partial charge on any atom is 0.309 e. The Labute approximate surface area is 534 Å². The van der Waals surface area contributed by atoms with Gasteiger partial charge < -0.3 is 64.5 Å². The number of aliphatic hydroxyl groups excluding tert-OH is 1. The molecule has 23 nitrogen and oxygen atoms in total. The average molecular weight is 1330 g/mol. The number of methoxy groups -OCH3 is 3. The quantitative estimate of drug-likeness (QED) is 0.0143. The van der Waals surface area contributed by atoms with Gasteiger partial charge in [0.25, 0.3) is 0 Å². The van der Waals surface area contributed by atoms with E-state index in [4.69, 9.17) is 58.0 Å². The zero-order valence-electron chi connectivity index (χ0n) is 50.2. The number of aromatic hydroxyl groups is 1. The Morgan fingerprint density at radius 1 is 0.522 bits per heavy atom. The number of hydrogen-bond donors (Lipinski definition) is 7. The molecule has 6 aromatic carbocycles. The molecule has 0 aliphatic heterocycles. The number of aliphatic hydroxyl groups is 1. The molecule has 0 aliphatic rings. The van der Waals surface area contributed by atoms with Crippen molar-refractivity contribution >= 4 is 101 Å². The van der Waals surface area contributed by atoms with Crippen molar-refractivity contribution in [3.8, 4) is 71.5 Å². The number of ketones is 1. The first-order chi connectivity index (χ1) is 44.5. The van der Waals surface area contributed by atoms with Crippen molar-refractivity contribution in [2.75, 3.05) is 75.6 Å². The summed E-state index contributed by atoms with van der Waals surface area (Å²) in [7, 11) is 4.47. The maximum absolute atomic E-state index is 13.7. The third-order valence-electron chi connectivity index (χ3n) is 12.2. The number of nitrogens with one attached hydrogen (secondary N) is 3. The highest BCUT2D eigenvalue weighted by Crippen LogP contribution is 2.38. The molecule has 3 heterocycles. The molecule has 3 aromatic heterocycles. The van der Waals surface area contributed by atoms with Gasteiger partial charge in [0.1, 0.15) is 60.5 Å². The number of benzene rings is 6. The second-order valence-corrected chi connectivity index (χ2v) is 18.9. The van der Waals surface area contributed by atoms with Crippen LogP contribution in [0.1, 0.15) is 49.8 Å². The number of rotatable bonds is 22. The fraction of sp³-hybridized carbons (Fsp3) is 0.215. The number of alkyl halides is 1. The van der Waals surface area contributed by atoms with Gasteiger partial charge in [-0.15, -0.1) is 19.3 Å². The Morgan fingerprint density at radius 2 is 0.880 bits per heavy atom. The van der Waals surface area contributed by atoms with Gasteiger partial charge >= 0.3 is 11.9 Å². The lowest BCUT2D eigenvalue weighted by Crippen LogP contribution is -2.10. The van der Waals surface area contributed by atoms with Gasteiger partial charge in [0, 0.05) is 63.2 Å². The van der Waals surface area contributed by atoms with Crippen molar-refractivity contribution in [3.05, 3.63) is 144 Å². The summed E-state index contributed by atoms with van der Waals surface area (Å²) in [6.07, 6.45) is 20.7. The lowest BCUT2D eigenvalue weighted by Gasteiger charge is -2.14. The van der Waals surface area contributed by atoms with Crippen molar-refractivity contribution in [1.29, 1.82) is 0 Å². The molecule has 92 heavy (non-hydrogen) atoms. The molecule has 478 valence electrons. The Morgan fingerprint density at radius 3 is 1.23 bits per heavy atom. The van der Waals surface area contributed by atoms with Crippen molar-refractivity contribution in [2.24, 2.45) is 5.90 Å². The molecule has 9 rings (SSSR count). The minimum absolute atomic E-state index is 0.0266. The normalized spacial score (nSPS) is 10.1. The van der Waals surface area contributed by atoms with Crippen LogP contribution in [0.3, 0.4) is 0 Å². The SMILES string of the molecule is C#Cc1cc(Nc2ncnc3cc(OC)c(O)cc23)ccc1F.C#Cc1cc(Nc2ncnc3cc(OC)c(OCCC(=O)CO)cc23)ccc1F.C#Cc1cc(Nc2ncnc3cc(OC)c(OCCC(=O)OCC)cc23)ccc1F.CCOC(=O)CCBr.NO. The first kappa shape index (κ1) is 71.7. The van der Waals surface area contributed by atoms with Gasteiger partial charge in [-0.1, -0.05) is 33.7 Å². The molecular formula is C65H62BrF3N10O13. The van der Waals surface area contributed by atoms with E-state index in [-0.39, 0.29) is 66.2 Å². The number of Topliss-reactive ketones (excluding diaryl/α,β-unsaturated/α-hetero) is 1. The van der Waals surface area contributed by atoms with Gasteiger partial charge in [-0.2, -0.15) is 0 Å². The molecule has 0 radical (unpaired) electrons. The van der Waals surface area contributed by atoms with E-state index in [1.165, 1.54) is 82.8 Å². The van der Waals surface area contributed by atoms with E-state index in [1.807, 2.05) is 0 Å². The topological polar surface area (TPSA) is 316 Å². The molecule has 27 heteroatoms. The molecule has 0 atom stereocenters.